The molecule has 1 aromatic carbocycles. The van der Waals surface area contributed by atoms with Gasteiger partial charge in [0.1, 0.15) is 5.69 Å². The molecule has 0 aliphatic carbocycles. The van der Waals surface area contributed by atoms with Gasteiger partial charge in [0.25, 0.3) is 11.6 Å². The first kappa shape index (κ1) is 16.4. The second-order valence-corrected chi connectivity index (χ2v) is 4.60. The zero-order valence-corrected chi connectivity index (χ0v) is 12.2. The number of rotatable bonds is 6. The van der Waals surface area contributed by atoms with Gasteiger partial charge in [-0.25, -0.2) is 0 Å². The summed E-state index contributed by atoms with van der Waals surface area (Å²) in [6, 6.07) is 4.25. The lowest BCUT2D eigenvalue weighted by atomic mass is 10.1. The maximum Gasteiger partial charge on any atom is 0.293 e. The Morgan fingerprint density at radius 2 is 1.95 bits per heavy atom. The summed E-state index contributed by atoms with van der Waals surface area (Å²) < 4.78 is 0. The Morgan fingerprint density at radius 3 is 2.48 bits per heavy atom. The van der Waals surface area contributed by atoms with Crippen molar-refractivity contribution in [1.82, 2.24) is 10.2 Å². The lowest BCUT2D eigenvalue weighted by molar-refractivity contribution is -0.384. The normalized spacial score (nSPS) is 9.86. The Kier molecular flexibility index (Phi) is 5.65. The highest BCUT2D eigenvalue weighted by atomic mass is 16.6. The molecule has 0 atom stereocenters. The first-order valence-corrected chi connectivity index (χ1v) is 6.31. The van der Waals surface area contributed by atoms with E-state index in [0.29, 0.717) is 18.8 Å². The summed E-state index contributed by atoms with van der Waals surface area (Å²) >= 11 is 0. The highest BCUT2D eigenvalue weighted by molar-refractivity contribution is 5.95. The molecule has 8 nitrogen and oxygen atoms in total. The van der Waals surface area contributed by atoms with Gasteiger partial charge < -0.3 is 15.5 Å². The van der Waals surface area contributed by atoms with Gasteiger partial charge in [0.2, 0.25) is 5.91 Å². The summed E-state index contributed by atoms with van der Waals surface area (Å²) in [4.78, 5) is 34.4. The molecule has 0 unspecified atom stereocenters. The predicted molar refractivity (Wildman–Crippen MR) is 78.3 cm³/mol. The summed E-state index contributed by atoms with van der Waals surface area (Å²) in [5.74, 6) is -0.471. The van der Waals surface area contributed by atoms with Crippen molar-refractivity contribution in [1.29, 1.82) is 0 Å². The maximum atomic E-state index is 11.8. The fourth-order valence-electron chi connectivity index (χ4n) is 1.66. The Morgan fingerprint density at radius 1 is 1.29 bits per heavy atom. The fourth-order valence-corrected chi connectivity index (χ4v) is 1.66. The summed E-state index contributed by atoms with van der Waals surface area (Å²) in [5.41, 5.74) is 0.380. The predicted octanol–water partition coefficient (Wildman–Crippen LogP) is 0.845. The lowest BCUT2D eigenvalue weighted by Crippen LogP contribution is -2.26. The molecule has 0 bridgehead atoms. The molecule has 2 N–H and O–H groups in total. The number of carbonyl (C=O) groups is 2. The summed E-state index contributed by atoms with van der Waals surface area (Å²) in [7, 11) is 3.15. The van der Waals surface area contributed by atoms with Gasteiger partial charge in [0.15, 0.2) is 0 Å². The Balaban J connectivity index is 2.87. The molecular formula is C13H18N4O4. The molecule has 0 fully saturated rings. The average Bonchev–Trinajstić information content (AvgIpc) is 2.42. The number of anilines is 1. The number of hydrogen-bond acceptors (Lipinski definition) is 5. The standard InChI is InChI=1S/C13H18N4O4/c1-9(18)14-6-7-15-11-5-4-10(13(19)16(2)3)8-12(11)17(20)21/h4-5,8,15H,6-7H2,1-3H3,(H,14,18). The van der Waals surface area contributed by atoms with Crippen molar-refractivity contribution in [3.8, 4) is 0 Å². The number of nitro groups is 1. The third kappa shape index (κ3) is 4.75. The number of carbonyl (C=O) groups excluding carboxylic acids is 2. The van der Waals surface area contributed by atoms with E-state index in [0.717, 1.165) is 0 Å². The molecule has 8 heteroatoms. The zero-order chi connectivity index (χ0) is 16.0. The van der Waals surface area contributed by atoms with E-state index in [1.165, 1.54) is 30.0 Å². The van der Waals surface area contributed by atoms with Crippen molar-refractivity contribution in [2.75, 3.05) is 32.5 Å². The molecule has 0 aromatic heterocycles. The van der Waals surface area contributed by atoms with Crippen molar-refractivity contribution in [2.24, 2.45) is 0 Å². The number of nitrogens with one attached hydrogen (secondary N) is 2. The minimum atomic E-state index is -0.548. The van der Waals surface area contributed by atoms with Crippen LogP contribution in [0, 0.1) is 10.1 Å². The van der Waals surface area contributed by atoms with Gasteiger partial charge in [-0.05, 0) is 12.1 Å². The third-order valence-electron chi connectivity index (χ3n) is 2.66. The first-order chi connectivity index (χ1) is 9.82. The van der Waals surface area contributed by atoms with Crippen molar-refractivity contribution in [3.63, 3.8) is 0 Å². The Hall–Kier alpha value is -2.64. The van der Waals surface area contributed by atoms with Crippen molar-refractivity contribution in [3.05, 3.63) is 33.9 Å². The monoisotopic (exact) mass is 294 g/mol. The number of benzene rings is 1. The molecule has 0 spiro atoms. The third-order valence-corrected chi connectivity index (χ3v) is 2.66. The lowest BCUT2D eigenvalue weighted by Gasteiger charge is -2.12. The van der Waals surface area contributed by atoms with Gasteiger partial charge in [-0.2, -0.15) is 0 Å². The zero-order valence-electron chi connectivity index (χ0n) is 12.2. The minimum Gasteiger partial charge on any atom is -0.378 e. The van der Waals surface area contributed by atoms with Crippen molar-refractivity contribution in [2.45, 2.75) is 6.92 Å². The summed E-state index contributed by atoms with van der Waals surface area (Å²) in [6.07, 6.45) is 0. The van der Waals surface area contributed by atoms with Gasteiger partial charge in [-0.3, -0.25) is 19.7 Å². The van der Waals surface area contributed by atoms with Gasteiger partial charge in [0.05, 0.1) is 4.92 Å². The van der Waals surface area contributed by atoms with Crippen molar-refractivity contribution >= 4 is 23.2 Å². The summed E-state index contributed by atoms with van der Waals surface area (Å²) in [6.45, 7) is 2.09. The molecule has 2 amide bonds. The van der Waals surface area contributed by atoms with Gasteiger partial charge in [-0.1, -0.05) is 0 Å². The molecule has 114 valence electrons. The molecule has 1 rings (SSSR count). The van der Waals surface area contributed by atoms with Crippen molar-refractivity contribution < 1.29 is 14.5 Å². The van der Waals surface area contributed by atoms with E-state index in [1.807, 2.05) is 0 Å². The van der Waals surface area contributed by atoms with Gasteiger partial charge in [0, 0.05) is 45.7 Å². The minimum absolute atomic E-state index is 0.168. The van der Waals surface area contributed by atoms with E-state index in [2.05, 4.69) is 10.6 Å². The molecule has 1 aromatic rings. The van der Waals surface area contributed by atoms with Crippen LogP contribution in [-0.4, -0.2) is 48.8 Å². The molecule has 21 heavy (non-hydrogen) atoms. The van der Waals surface area contributed by atoms with E-state index in [-0.39, 0.29) is 23.1 Å². The molecule has 0 heterocycles. The SMILES string of the molecule is CC(=O)NCCNc1ccc(C(=O)N(C)C)cc1[N+](=O)[O-]. The largest absolute Gasteiger partial charge is 0.378 e. The quantitative estimate of drug-likeness (QED) is 0.459. The van der Waals surface area contributed by atoms with Crippen LogP contribution in [0.5, 0.6) is 0 Å². The van der Waals surface area contributed by atoms with Gasteiger partial charge >= 0.3 is 0 Å². The molecule has 0 radical (unpaired) electrons. The molecule has 0 saturated carbocycles. The van der Waals surface area contributed by atoms with E-state index < -0.39 is 4.92 Å². The molecule has 0 aliphatic rings. The van der Waals surface area contributed by atoms with Crippen LogP contribution in [0.2, 0.25) is 0 Å². The highest BCUT2D eigenvalue weighted by Gasteiger charge is 2.18. The second-order valence-electron chi connectivity index (χ2n) is 4.60. The maximum absolute atomic E-state index is 11.8. The average molecular weight is 294 g/mol. The van der Waals surface area contributed by atoms with Gasteiger partial charge in [-0.15, -0.1) is 0 Å². The van der Waals surface area contributed by atoms with Crippen LogP contribution >= 0.6 is 0 Å². The number of nitrogens with zero attached hydrogens (tertiary/aromatic N) is 2. The van der Waals surface area contributed by atoms with E-state index in [4.69, 9.17) is 0 Å². The topological polar surface area (TPSA) is 105 Å². The van der Waals surface area contributed by atoms with Crippen LogP contribution in [-0.2, 0) is 4.79 Å². The molecule has 0 aliphatic heterocycles. The first-order valence-electron chi connectivity index (χ1n) is 6.31. The fraction of sp³-hybridized carbons (Fsp3) is 0.385. The van der Waals surface area contributed by atoms with Crippen LogP contribution in [0.3, 0.4) is 0 Å². The van der Waals surface area contributed by atoms with E-state index in [9.17, 15) is 19.7 Å². The Bertz CT molecular complexity index is 557. The van der Waals surface area contributed by atoms with E-state index >= 15 is 0 Å². The van der Waals surface area contributed by atoms with Crippen LogP contribution < -0.4 is 10.6 Å². The number of amides is 2. The summed E-state index contributed by atoms with van der Waals surface area (Å²) in [5, 5.41) is 16.5. The van der Waals surface area contributed by atoms with Crippen LogP contribution in [0.25, 0.3) is 0 Å². The highest BCUT2D eigenvalue weighted by Crippen LogP contribution is 2.25. The number of nitro benzene ring substituents is 1. The Labute approximate surface area is 122 Å². The van der Waals surface area contributed by atoms with Crippen LogP contribution in [0.4, 0.5) is 11.4 Å². The van der Waals surface area contributed by atoms with Crippen LogP contribution in [0.15, 0.2) is 18.2 Å². The smallest absolute Gasteiger partial charge is 0.293 e. The second kappa shape index (κ2) is 7.22. The number of hydrogen-bond donors (Lipinski definition) is 2. The van der Waals surface area contributed by atoms with Crippen LogP contribution in [0.1, 0.15) is 17.3 Å². The molecule has 0 saturated heterocycles. The van der Waals surface area contributed by atoms with E-state index in [1.54, 1.807) is 14.1 Å². The molecular weight excluding hydrogens is 276 g/mol.